The summed E-state index contributed by atoms with van der Waals surface area (Å²) < 4.78 is 0. The highest BCUT2D eigenvalue weighted by Crippen LogP contribution is 2.03. The monoisotopic (exact) mass is 159 g/mol. The molecule has 1 unspecified atom stereocenters. The second-order valence-electron chi connectivity index (χ2n) is 2.11. The van der Waals surface area contributed by atoms with E-state index < -0.39 is 11.7 Å². The lowest BCUT2D eigenvalue weighted by molar-refractivity contribution is 0.118. The van der Waals surface area contributed by atoms with Gasteiger partial charge >= 0.3 is 6.09 Å². The molecule has 1 atom stereocenters. The average molecular weight is 159 g/mol. The zero-order valence-electron chi connectivity index (χ0n) is 6.66. The van der Waals surface area contributed by atoms with E-state index in [1.807, 2.05) is 6.92 Å². The van der Waals surface area contributed by atoms with Crippen LogP contribution in [0.5, 0.6) is 0 Å². The Morgan fingerprint density at radius 3 is 2.09 bits per heavy atom. The van der Waals surface area contributed by atoms with Gasteiger partial charge in [0.25, 0.3) is 0 Å². The Kier molecular flexibility index (Phi) is 6.31. The molecule has 0 aliphatic carbocycles. The highest BCUT2D eigenvalue weighted by atomic mass is 16.4. The Hall–Kier alpha value is -1.21. The standard InChI is InChI=1S/C6H10O.CH3NO2/c1-4-6(3,7)5-2;2-1(3)4/h1,7H,5H2,2-3H3;2H2,(H,3,4). The van der Waals surface area contributed by atoms with Crippen LogP contribution in [-0.4, -0.2) is 21.9 Å². The van der Waals surface area contributed by atoms with Crippen LogP contribution >= 0.6 is 0 Å². The van der Waals surface area contributed by atoms with Gasteiger partial charge in [-0.1, -0.05) is 12.8 Å². The van der Waals surface area contributed by atoms with Crippen LogP contribution in [0.15, 0.2) is 0 Å². The lowest BCUT2D eigenvalue weighted by Crippen LogP contribution is -2.18. The number of carboxylic acid groups (broad SMARTS) is 1. The van der Waals surface area contributed by atoms with Crippen molar-refractivity contribution in [1.29, 1.82) is 0 Å². The molecule has 0 aliphatic heterocycles. The van der Waals surface area contributed by atoms with E-state index >= 15 is 0 Å². The maximum absolute atomic E-state index is 8.90. The number of primary amides is 1. The first kappa shape index (κ1) is 12.5. The number of carbonyl (C=O) groups is 1. The zero-order valence-corrected chi connectivity index (χ0v) is 6.66. The van der Waals surface area contributed by atoms with Gasteiger partial charge < -0.3 is 15.9 Å². The fourth-order valence-corrected chi connectivity index (χ4v) is 0.102. The third kappa shape index (κ3) is 17.7. The summed E-state index contributed by atoms with van der Waals surface area (Å²) in [6.45, 7) is 3.47. The molecule has 0 aromatic carbocycles. The van der Waals surface area contributed by atoms with Crippen LogP contribution in [0.3, 0.4) is 0 Å². The van der Waals surface area contributed by atoms with E-state index in [9.17, 15) is 0 Å². The molecule has 0 aliphatic rings. The summed E-state index contributed by atoms with van der Waals surface area (Å²) in [5.74, 6) is 2.25. The molecule has 0 aromatic rings. The number of rotatable bonds is 1. The molecule has 0 rings (SSSR count). The Bertz CT molecular complexity index is 154. The van der Waals surface area contributed by atoms with Crippen LogP contribution in [0.25, 0.3) is 0 Å². The van der Waals surface area contributed by atoms with Crippen molar-refractivity contribution in [3.63, 3.8) is 0 Å². The number of hydrogen-bond donors (Lipinski definition) is 3. The van der Waals surface area contributed by atoms with Gasteiger partial charge in [0, 0.05) is 0 Å². The topological polar surface area (TPSA) is 83.5 Å². The van der Waals surface area contributed by atoms with Crippen LogP contribution in [0.4, 0.5) is 4.79 Å². The molecule has 0 spiro atoms. The minimum absolute atomic E-state index is 0.615. The second kappa shape index (κ2) is 5.57. The fourth-order valence-electron chi connectivity index (χ4n) is 0.102. The van der Waals surface area contributed by atoms with E-state index in [0.717, 1.165) is 0 Å². The van der Waals surface area contributed by atoms with E-state index in [-0.39, 0.29) is 0 Å². The van der Waals surface area contributed by atoms with Crippen LogP contribution in [-0.2, 0) is 0 Å². The van der Waals surface area contributed by atoms with Crippen molar-refractivity contribution in [3.05, 3.63) is 0 Å². The molecule has 0 saturated heterocycles. The Labute approximate surface area is 66.0 Å². The van der Waals surface area contributed by atoms with Gasteiger partial charge in [0.15, 0.2) is 0 Å². The van der Waals surface area contributed by atoms with Crippen LogP contribution in [0, 0.1) is 12.3 Å². The average Bonchev–Trinajstić information content (AvgIpc) is 1.87. The SMILES string of the molecule is C#CC(C)(O)CC.NC(=O)O. The van der Waals surface area contributed by atoms with Gasteiger partial charge in [-0.05, 0) is 13.3 Å². The summed E-state index contributed by atoms with van der Waals surface area (Å²) in [6, 6.07) is 0. The van der Waals surface area contributed by atoms with Crippen molar-refractivity contribution in [2.24, 2.45) is 5.73 Å². The maximum atomic E-state index is 8.90. The third-order valence-electron chi connectivity index (χ3n) is 0.999. The Morgan fingerprint density at radius 2 is 2.09 bits per heavy atom. The van der Waals surface area contributed by atoms with Gasteiger partial charge in [0.05, 0.1) is 0 Å². The normalized spacial score (nSPS) is 13.3. The molecule has 0 radical (unpaired) electrons. The molecule has 0 heterocycles. The van der Waals surface area contributed by atoms with E-state index in [1.54, 1.807) is 6.92 Å². The summed E-state index contributed by atoms with van der Waals surface area (Å²) in [7, 11) is 0. The minimum Gasteiger partial charge on any atom is -0.465 e. The third-order valence-corrected chi connectivity index (χ3v) is 0.999. The van der Waals surface area contributed by atoms with Gasteiger partial charge in [-0.3, -0.25) is 0 Å². The summed E-state index contributed by atoms with van der Waals surface area (Å²) in [6.07, 6.45) is 4.20. The van der Waals surface area contributed by atoms with Crippen LogP contribution in [0.2, 0.25) is 0 Å². The quantitative estimate of drug-likeness (QED) is 0.484. The first-order valence-electron chi connectivity index (χ1n) is 3.04. The lowest BCUT2D eigenvalue weighted by atomic mass is 10.1. The van der Waals surface area contributed by atoms with Gasteiger partial charge in [0.1, 0.15) is 5.60 Å². The minimum atomic E-state index is -1.33. The maximum Gasteiger partial charge on any atom is 0.402 e. The molecule has 0 fully saturated rings. The second-order valence-corrected chi connectivity index (χ2v) is 2.11. The molecule has 4 nitrogen and oxygen atoms in total. The van der Waals surface area contributed by atoms with Gasteiger partial charge in [-0.2, -0.15) is 0 Å². The largest absolute Gasteiger partial charge is 0.465 e. The number of terminal acetylenes is 1. The van der Waals surface area contributed by atoms with Crippen LogP contribution in [0.1, 0.15) is 20.3 Å². The molecule has 0 saturated carbocycles. The van der Waals surface area contributed by atoms with Crippen molar-refractivity contribution in [1.82, 2.24) is 0 Å². The van der Waals surface area contributed by atoms with E-state index in [0.29, 0.717) is 6.42 Å². The summed E-state index contributed by atoms with van der Waals surface area (Å²) >= 11 is 0. The van der Waals surface area contributed by atoms with Crippen molar-refractivity contribution in [2.45, 2.75) is 25.9 Å². The lowest BCUT2D eigenvalue weighted by Gasteiger charge is -2.10. The van der Waals surface area contributed by atoms with Crippen molar-refractivity contribution < 1.29 is 15.0 Å². The van der Waals surface area contributed by atoms with Crippen molar-refractivity contribution in [3.8, 4) is 12.3 Å². The number of aliphatic hydroxyl groups is 1. The number of hydrogen-bond acceptors (Lipinski definition) is 2. The fraction of sp³-hybridized carbons (Fsp3) is 0.571. The number of amides is 1. The van der Waals surface area contributed by atoms with Crippen molar-refractivity contribution in [2.75, 3.05) is 0 Å². The summed E-state index contributed by atoms with van der Waals surface area (Å²) in [4.78, 5) is 8.78. The van der Waals surface area contributed by atoms with Gasteiger partial charge in [0.2, 0.25) is 0 Å². The Balaban J connectivity index is 0. The highest BCUT2D eigenvalue weighted by molar-refractivity contribution is 5.61. The molecule has 4 N–H and O–H groups in total. The molecule has 0 aromatic heterocycles. The summed E-state index contributed by atoms with van der Waals surface area (Å²) in [5, 5.41) is 16.1. The predicted octanol–water partition coefficient (Wildman–Crippen LogP) is 0.404. The smallest absolute Gasteiger partial charge is 0.402 e. The first-order valence-corrected chi connectivity index (χ1v) is 3.04. The predicted molar refractivity (Wildman–Crippen MR) is 42.0 cm³/mol. The summed E-state index contributed by atoms with van der Waals surface area (Å²) in [5.41, 5.74) is 3.14. The first-order chi connectivity index (χ1) is 4.85. The molecule has 11 heavy (non-hydrogen) atoms. The molecule has 4 heteroatoms. The molecule has 0 bridgehead atoms. The molecule has 64 valence electrons. The van der Waals surface area contributed by atoms with Crippen molar-refractivity contribution >= 4 is 6.09 Å². The van der Waals surface area contributed by atoms with E-state index in [1.165, 1.54) is 0 Å². The van der Waals surface area contributed by atoms with Gasteiger partial charge in [-0.15, -0.1) is 6.42 Å². The molecule has 1 amide bonds. The van der Waals surface area contributed by atoms with Gasteiger partial charge in [-0.25, -0.2) is 4.79 Å². The Morgan fingerprint density at radius 1 is 1.82 bits per heavy atom. The zero-order chi connectivity index (χ0) is 9.49. The van der Waals surface area contributed by atoms with Crippen LogP contribution < -0.4 is 5.73 Å². The number of nitrogens with two attached hydrogens (primary N) is 1. The molecular formula is C7H13NO3. The molecular weight excluding hydrogens is 146 g/mol. The van der Waals surface area contributed by atoms with E-state index in [4.69, 9.17) is 21.4 Å². The highest BCUT2D eigenvalue weighted by Gasteiger charge is 2.10. The van der Waals surface area contributed by atoms with E-state index in [2.05, 4.69) is 11.7 Å².